The molecule has 0 spiro atoms. The van der Waals surface area contributed by atoms with Gasteiger partial charge in [-0.25, -0.2) is 0 Å². The number of hydrogen-bond acceptors (Lipinski definition) is 6. The van der Waals surface area contributed by atoms with Crippen molar-refractivity contribution in [1.82, 2.24) is 0 Å². The zero-order valence-electron chi connectivity index (χ0n) is 9.99. The molecule has 100 valence electrons. The van der Waals surface area contributed by atoms with Crippen LogP contribution in [0, 0.1) is 0 Å². The van der Waals surface area contributed by atoms with Crippen LogP contribution in [0.3, 0.4) is 0 Å². The first-order chi connectivity index (χ1) is 8.61. The lowest BCUT2D eigenvalue weighted by Crippen LogP contribution is -2.36. The molecule has 0 aromatic heterocycles. The summed E-state index contributed by atoms with van der Waals surface area (Å²) in [5, 5.41) is 37.1. The Kier molecular flexibility index (Phi) is 6.10. The number of hydrogen-bond donors (Lipinski definition) is 5. The molecule has 1 atom stereocenters. The number of nitrogens with two attached hydrogens (primary N) is 1. The van der Waals surface area contributed by atoms with Crippen LogP contribution in [0.5, 0.6) is 5.75 Å². The summed E-state index contributed by atoms with van der Waals surface area (Å²) in [6.07, 6.45) is -0.548. The van der Waals surface area contributed by atoms with Crippen molar-refractivity contribution >= 4 is 12.6 Å². The van der Waals surface area contributed by atoms with Gasteiger partial charge in [-0.15, -0.1) is 0 Å². The molecule has 6 nitrogen and oxygen atoms in total. The smallest absolute Gasteiger partial charge is 0.492 e. The van der Waals surface area contributed by atoms with E-state index in [0.29, 0.717) is 12.0 Å². The van der Waals surface area contributed by atoms with Gasteiger partial charge >= 0.3 is 7.12 Å². The largest absolute Gasteiger partial charge is 0.494 e. The third-order valence-electron chi connectivity index (χ3n) is 2.50. The molecule has 6 N–H and O–H groups in total. The third kappa shape index (κ3) is 3.69. The first-order valence-corrected chi connectivity index (χ1v) is 5.72. The molecule has 1 aromatic carbocycles. The number of ether oxygens (including phenoxy) is 1. The Morgan fingerprint density at radius 3 is 2.61 bits per heavy atom. The lowest BCUT2D eigenvalue weighted by atomic mass is 9.75. The van der Waals surface area contributed by atoms with Crippen LogP contribution in [-0.2, 0) is 0 Å². The Bertz CT molecular complexity index is 374. The predicted octanol–water partition coefficient (Wildman–Crippen LogP) is -1.88. The highest BCUT2D eigenvalue weighted by Crippen LogP contribution is 2.17. The van der Waals surface area contributed by atoms with E-state index in [4.69, 9.17) is 15.6 Å². The molecule has 18 heavy (non-hydrogen) atoms. The molecule has 0 fully saturated rings. The predicted molar refractivity (Wildman–Crippen MR) is 67.5 cm³/mol. The molecule has 1 aromatic rings. The molecule has 1 rings (SSSR count). The minimum atomic E-state index is -1.76. The molecule has 0 aliphatic rings. The summed E-state index contributed by atoms with van der Waals surface area (Å²) in [6, 6.07) is 4.76. The van der Waals surface area contributed by atoms with E-state index in [0.717, 1.165) is 0 Å². The van der Waals surface area contributed by atoms with Crippen molar-refractivity contribution in [2.45, 2.75) is 12.5 Å². The van der Waals surface area contributed by atoms with Crippen LogP contribution in [0.25, 0.3) is 0 Å². The van der Waals surface area contributed by atoms with Crippen LogP contribution in [-0.4, -0.2) is 47.1 Å². The molecule has 0 radical (unpaired) electrons. The quantitative estimate of drug-likeness (QED) is 0.287. The maximum absolute atomic E-state index is 9.71. The van der Waals surface area contributed by atoms with E-state index < -0.39 is 13.2 Å². The van der Waals surface area contributed by atoms with Gasteiger partial charge in [-0.3, -0.25) is 0 Å². The molecule has 0 heterocycles. The second kappa shape index (κ2) is 7.35. The van der Waals surface area contributed by atoms with Crippen molar-refractivity contribution in [3.8, 4) is 5.75 Å². The monoisotopic (exact) mass is 255 g/mol. The second-order valence-corrected chi connectivity index (χ2v) is 3.81. The van der Waals surface area contributed by atoms with Crippen LogP contribution in [0.4, 0.5) is 0 Å². The summed E-state index contributed by atoms with van der Waals surface area (Å²) in [4.78, 5) is 0. The van der Waals surface area contributed by atoms with E-state index in [-0.39, 0.29) is 31.0 Å². The van der Waals surface area contributed by atoms with Crippen LogP contribution in [0.1, 0.15) is 18.1 Å². The fraction of sp³-hybridized carbons (Fsp3) is 0.455. The van der Waals surface area contributed by atoms with Gasteiger partial charge < -0.3 is 30.7 Å². The van der Waals surface area contributed by atoms with Crippen LogP contribution < -0.4 is 15.9 Å². The van der Waals surface area contributed by atoms with Crippen molar-refractivity contribution in [3.05, 3.63) is 23.8 Å². The Labute approximate surface area is 106 Å². The number of benzene rings is 1. The van der Waals surface area contributed by atoms with Gasteiger partial charge in [-0.1, -0.05) is 12.1 Å². The summed E-state index contributed by atoms with van der Waals surface area (Å²) in [5.74, 6) is 0.267. The van der Waals surface area contributed by atoms with Crippen LogP contribution >= 0.6 is 0 Å². The standard InChI is InChI=1S/C11H18BNO5/c13-7-9(15)8-3-1-4-10(11(8)12(16)17)18-6-2-5-14/h1,3-4,9,14-17H,2,5-7,13H2. The molecule has 7 heteroatoms. The van der Waals surface area contributed by atoms with Gasteiger partial charge in [0.1, 0.15) is 5.75 Å². The van der Waals surface area contributed by atoms with Crippen LogP contribution in [0.15, 0.2) is 18.2 Å². The lowest BCUT2D eigenvalue weighted by Gasteiger charge is -2.17. The average Bonchev–Trinajstić information content (AvgIpc) is 2.37. The highest BCUT2D eigenvalue weighted by atomic mass is 16.5. The normalized spacial score (nSPS) is 12.3. The van der Waals surface area contributed by atoms with Crippen molar-refractivity contribution in [1.29, 1.82) is 0 Å². The fourth-order valence-electron chi connectivity index (χ4n) is 1.63. The maximum Gasteiger partial charge on any atom is 0.492 e. The number of aliphatic hydroxyl groups is 2. The average molecular weight is 255 g/mol. The van der Waals surface area contributed by atoms with E-state index in [2.05, 4.69) is 0 Å². The minimum absolute atomic E-state index is 0.0118. The molecule has 0 bridgehead atoms. The summed E-state index contributed by atoms with van der Waals surface area (Å²) in [7, 11) is -1.76. The Morgan fingerprint density at radius 1 is 1.33 bits per heavy atom. The Morgan fingerprint density at radius 2 is 2.06 bits per heavy atom. The minimum Gasteiger partial charge on any atom is -0.494 e. The Hall–Kier alpha value is -1.12. The van der Waals surface area contributed by atoms with Gasteiger partial charge in [-0.2, -0.15) is 0 Å². The lowest BCUT2D eigenvalue weighted by molar-refractivity contribution is 0.186. The Balaban J connectivity index is 3.01. The summed E-state index contributed by atoms with van der Waals surface area (Å²) < 4.78 is 5.34. The van der Waals surface area contributed by atoms with E-state index in [1.54, 1.807) is 18.2 Å². The topological polar surface area (TPSA) is 116 Å². The molecule has 0 aliphatic carbocycles. The van der Waals surface area contributed by atoms with Crippen molar-refractivity contribution in [2.24, 2.45) is 5.73 Å². The maximum atomic E-state index is 9.71. The summed E-state index contributed by atoms with van der Waals surface area (Å²) in [5.41, 5.74) is 5.79. The molecular weight excluding hydrogens is 237 g/mol. The third-order valence-corrected chi connectivity index (χ3v) is 2.50. The molecule has 0 saturated heterocycles. The van der Waals surface area contributed by atoms with Gasteiger partial charge in [0.05, 0.1) is 12.7 Å². The van der Waals surface area contributed by atoms with E-state index in [1.807, 2.05) is 0 Å². The first-order valence-electron chi connectivity index (χ1n) is 5.72. The molecule has 1 unspecified atom stereocenters. The SMILES string of the molecule is NCC(O)c1cccc(OCCCO)c1B(O)O. The highest BCUT2D eigenvalue weighted by molar-refractivity contribution is 6.60. The van der Waals surface area contributed by atoms with Gasteiger partial charge in [0.25, 0.3) is 0 Å². The van der Waals surface area contributed by atoms with Crippen molar-refractivity contribution < 1.29 is 25.0 Å². The van der Waals surface area contributed by atoms with E-state index >= 15 is 0 Å². The number of rotatable bonds is 7. The van der Waals surface area contributed by atoms with Crippen LogP contribution in [0.2, 0.25) is 0 Å². The second-order valence-electron chi connectivity index (χ2n) is 3.81. The van der Waals surface area contributed by atoms with E-state index in [1.165, 1.54) is 0 Å². The number of aliphatic hydroxyl groups excluding tert-OH is 2. The van der Waals surface area contributed by atoms with Gasteiger partial charge in [-0.05, 0) is 11.6 Å². The molecular formula is C11H18BNO5. The van der Waals surface area contributed by atoms with Gasteiger partial charge in [0.2, 0.25) is 0 Å². The summed E-state index contributed by atoms with van der Waals surface area (Å²) in [6.45, 7) is 0.209. The molecule has 0 aliphatic heterocycles. The molecule has 0 amide bonds. The van der Waals surface area contributed by atoms with Gasteiger partial charge in [0, 0.05) is 25.0 Å². The highest BCUT2D eigenvalue weighted by Gasteiger charge is 2.24. The zero-order valence-corrected chi connectivity index (χ0v) is 9.99. The molecule has 0 saturated carbocycles. The summed E-state index contributed by atoms with van der Waals surface area (Å²) >= 11 is 0. The van der Waals surface area contributed by atoms with Crippen molar-refractivity contribution in [3.63, 3.8) is 0 Å². The van der Waals surface area contributed by atoms with Gasteiger partial charge in [0.15, 0.2) is 0 Å². The van der Waals surface area contributed by atoms with Crippen molar-refractivity contribution in [2.75, 3.05) is 19.8 Å². The first kappa shape index (κ1) is 14.9. The van der Waals surface area contributed by atoms with E-state index in [9.17, 15) is 15.2 Å². The fourth-order valence-corrected chi connectivity index (χ4v) is 1.63. The zero-order chi connectivity index (χ0) is 13.5.